The van der Waals surface area contributed by atoms with Gasteiger partial charge in [-0.15, -0.1) is 0 Å². The summed E-state index contributed by atoms with van der Waals surface area (Å²) in [5, 5.41) is 0. The van der Waals surface area contributed by atoms with E-state index in [9.17, 15) is 4.79 Å². The van der Waals surface area contributed by atoms with E-state index in [0.29, 0.717) is 18.9 Å². The van der Waals surface area contributed by atoms with Gasteiger partial charge in [-0.3, -0.25) is 4.79 Å². The second-order valence-corrected chi connectivity index (χ2v) is 2.81. The van der Waals surface area contributed by atoms with Crippen molar-refractivity contribution in [1.29, 1.82) is 0 Å². The number of rotatable bonds is 5. The van der Waals surface area contributed by atoms with E-state index in [0.717, 1.165) is 12.8 Å². The highest BCUT2D eigenvalue weighted by Gasteiger charge is 2.02. The van der Waals surface area contributed by atoms with Crippen LogP contribution >= 0.6 is 0 Å². The fraction of sp³-hybridized carbons (Fsp3) is 0.875. The van der Waals surface area contributed by atoms with Crippen LogP contribution in [-0.2, 0) is 9.53 Å². The number of carbonyl (C=O) groups excluding carboxylic acids is 1. The van der Waals surface area contributed by atoms with Crippen LogP contribution < -0.4 is 5.73 Å². The van der Waals surface area contributed by atoms with Crippen LogP contribution in [0, 0.1) is 5.92 Å². The highest BCUT2D eigenvalue weighted by molar-refractivity contribution is 5.68. The lowest BCUT2D eigenvalue weighted by atomic mass is 10.0. The standard InChI is InChI=1S/C8H17NO2/c1-7(6-9)4-3-5-8(10)11-2/h7H,3-6,9H2,1-2H3. The Balaban J connectivity index is 3.20. The summed E-state index contributed by atoms with van der Waals surface area (Å²) < 4.78 is 4.50. The van der Waals surface area contributed by atoms with Crippen LogP contribution in [0.2, 0.25) is 0 Å². The molecule has 11 heavy (non-hydrogen) atoms. The van der Waals surface area contributed by atoms with E-state index in [1.54, 1.807) is 0 Å². The van der Waals surface area contributed by atoms with E-state index in [4.69, 9.17) is 5.73 Å². The first-order valence-corrected chi connectivity index (χ1v) is 3.97. The molecule has 0 bridgehead atoms. The maximum atomic E-state index is 10.6. The Labute approximate surface area is 67.9 Å². The molecular formula is C8H17NO2. The summed E-state index contributed by atoms with van der Waals surface area (Å²) in [6, 6.07) is 0. The van der Waals surface area contributed by atoms with Crippen molar-refractivity contribution in [3.05, 3.63) is 0 Å². The smallest absolute Gasteiger partial charge is 0.305 e. The first kappa shape index (κ1) is 10.4. The highest BCUT2D eigenvalue weighted by Crippen LogP contribution is 2.05. The van der Waals surface area contributed by atoms with Gasteiger partial charge in [0.05, 0.1) is 7.11 Å². The second kappa shape index (κ2) is 6.16. The number of methoxy groups -OCH3 is 1. The normalized spacial score (nSPS) is 12.6. The molecule has 1 unspecified atom stereocenters. The van der Waals surface area contributed by atoms with Crippen LogP contribution in [0.4, 0.5) is 0 Å². The lowest BCUT2D eigenvalue weighted by molar-refractivity contribution is -0.140. The summed E-state index contributed by atoms with van der Waals surface area (Å²) >= 11 is 0. The molecule has 0 aromatic rings. The minimum atomic E-state index is -0.130. The number of hydrogen-bond donors (Lipinski definition) is 1. The molecule has 0 rings (SSSR count). The Bertz CT molecular complexity index is 115. The van der Waals surface area contributed by atoms with Crippen LogP contribution in [0.25, 0.3) is 0 Å². The molecule has 0 aromatic carbocycles. The molecule has 0 fully saturated rings. The van der Waals surface area contributed by atoms with Crippen molar-refractivity contribution in [2.45, 2.75) is 26.2 Å². The summed E-state index contributed by atoms with van der Waals surface area (Å²) in [5.41, 5.74) is 5.41. The zero-order valence-corrected chi connectivity index (χ0v) is 7.30. The van der Waals surface area contributed by atoms with Crippen LogP contribution in [0.1, 0.15) is 26.2 Å². The fourth-order valence-electron chi connectivity index (χ4n) is 0.815. The van der Waals surface area contributed by atoms with Gasteiger partial charge in [0.15, 0.2) is 0 Å². The predicted octanol–water partition coefficient (Wildman–Crippen LogP) is 0.924. The Morgan fingerprint density at radius 1 is 1.64 bits per heavy atom. The maximum absolute atomic E-state index is 10.6. The van der Waals surface area contributed by atoms with Gasteiger partial charge in [-0.2, -0.15) is 0 Å². The molecule has 0 saturated heterocycles. The molecule has 0 radical (unpaired) electrons. The Morgan fingerprint density at radius 2 is 2.27 bits per heavy atom. The van der Waals surface area contributed by atoms with Crippen molar-refractivity contribution in [1.82, 2.24) is 0 Å². The third-order valence-electron chi connectivity index (χ3n) is 1.71. The highest BCUT2D eigenvalue weighted by atomic mass is 16.5. The molecule has 0 spiro atoms. The molecule has 0 aliphatic rings. The van der Waals surface area contributed by atoms with Gasteiger partial charge in [0.25, 0.3) is 0 Å². The van der Waals surface area contributed by atoms with Crippen molar-refractivity contribution < 1.29 is 9.53 Å². The number of ether oxygens (including phenoxy) is 1. The van der Waals surface area contributed by atoms with E-state index in [2.05, 4.69) is 11.7 Å². The summed E-state index contributed by atoms with van der Waals surface area (Å²) in [6.07, 6.45) is 2.40. The predicted molar refractivity (Wildman–Crippen MR) is 44.1 cm³/mol. The third kappa shape index (κ3) is 5.85. The minimum absolute atomic E-state index is 0.130. The van der Waals surface area contributed by atoms with Crippen molar-refractivity contribution >= 4 is 5.97 Å². The fourth-order valence-corrected chi connectivity index (χ4v) is 0.815. The van der Waals surface area contributed by atoms with E-state index < -0.39 is 0 Å². The van der Waals surface area contributed by atoms with Crippen molar-refractivity contribution in [2.24, 2.45) is 11.7 Å². The van der Waals surface area contributed by atoms with E-state index in [-0.39, 0.29) is 5.97 Å². The Hall–Kier alpha value is -0.570. The van der Waals surface area contributed by atoms with Gasteiger partial charge in [-0.05, 0) is 25.3 Å². The van der Waals surface area contributed by atoms with E-state index in [1.807, 2.05) is 0 Å². The van der Waals surface area contributed by atoms with Crippen molar-refractivity contribution in [2.75, 3.05) is 13.7 Å². The number of nitrogens with two attached hydrogens (primary N) is 1. The Morgan fingerprint density at radius 3 is 2.73 bits per heavy atom. The molecule has 2 N–H and O–H groups in total. The molecular weight excluding hydrogens is 142 g/mol. The minimum Gasteiger partial charge on any atom is -0.469 e. The summed E-state index contributed by atoms with van der Waals surface area (Å²) in [5.74, 6) is 0.383. The van der Waals surface area contributed by atoms with Gasteiger partial charge in [0.1, 0.15) is 0 Å². The maximum Gasteiger partial charge on any atom is 0.305 e. The summed E-state index contributed by atoms with van der Waals surface area (Å²) in [4.78, 5) is 10.6. The zero-order chi connectivity index (χ0) is 8.69. The van der Waals surface area contributed by atoms with Gasteiger partial charge in [-0.25, -0.2) is 0 Å². The molecule has 3 heteroatoms. The topological polar surface area (TPSA) is 52.3 Å². The second-order valence-electron chi connectivity index (χ2n) is 2.81. The molecule has 0 saturated carbocycles. The summed E-state index contributed by atoms with van der Waals surface area (Å²) in [7, 11) is 1.41. The lowest BCUT2D eigenvalue weighted by Gasteiger charge is -2.05. The zero-order valence-electron chi connectivity index (χ0n) is 7.30. The molecule has 0 aromatic heterocycles. The average Bonchev–Trinajstić information content (AvgIpc) is 2.04. The molecule has 0 aliphatic carbocycles. The molecule has 1 atom stereocenters. The lowest BCUT2D eigenvalue weighted by Crippen LogP contribution is -2.11. The van der Waals surface area contributed by atoms with Crippen LogP contribution in [0.3, 0.4) is 0 Å². The van der Waals surface area contributed by atoms with Gasteiger partial charge in [-0.1, -0.05) is 6.92 Å². The monoisotopic (exact) mass is 159 g/mol. The number of carbonyl (C=O) groups is 1. The molecule has 3 nitrogen and oxygen atoms in total. The van der Waals surface area contributed by atoms with E-state index in [1.165, 1.54) is 7.11 Å². The van der Waals surface area contributed by atoms with Gasteiger partial charge < -0.3 is 10.5 Å². The number of hydrogen-bond acceptors (Lipinski definition) is 3. The molecule has 0 aliphatic heterocycles. The van der Waals surface area contributed by atoms with Gasteiger partial charge >= 0.3 is 5.97 Å². The SMILES string of the molecule is COC(=O)CCCC(C)CN. The van der Waals surface area contributed by atoms with Crippen molar-refractivity contribution in [3.63, 3.8) is 0 Å². The largest absolute Gasteiger partial charge is 0.469 e. The third-order valence-corrected chi connectivity index (χ3v) is 1.71. The van der Waals surface area contributed by atoms with Gasteiger partial charge in [0.2, 0.25) is 0 Å². The average molecular weight is 159 g/mol. The first-order valence-electron chi connectivity index (χ1n) is 3.97. The molecule has 0 amide bonds. The van der Waals surface area contributed by atoms with Crippen molar-refractivity contribution in [3.8, 4) is 0 Å². The van der Waals surface area contributed by atoms with Crippen LogP contribution in [0.15, 0.2) is 0 Å². The first-order chi connectivity index (χ1) is 5.20. The van der Waals surface area contributed by atoms with Crippen LogP contribution in [-0.4, -0.2) is 19.6 Å². The number of esters is 1. The molecule has 66 valence electrons. The molecule has 0 heterocycles. The van der Waals surface area contributed by atoms with Gasteiger partial charge in [0, 0.05) is 6.42 Å². The summed E-state index contributed by atoms with van der Waals surface area (Å²) in [6.45, 7) is 2.78. The van der Waals surface area contributed by atoms with Crippen LogP contribution in [0.5, 0.6) is 0 Å². The Kier molecular flexibility index (Phi) is 5.84. The van der Waals surface area contributed by atoms with E-state index >= 15 is 0 Å². The quantitative estimate of drug-likeness (QED) is 0.607.